The molecule has 1 unspecified atom stereocenters. The maximum Gasteiger partial charge on any atom is 0.237 e. The van der Waals surface area contributed by atoms with E-state index < -0.39 is 6.04 Å². The highest BCUT2D eigenvalue weighted by atomic mass is 32.2. The third kappa shape index (κ3) is 4.35. The zero-order valence-electron chi connectivity index (χ0n) is 12.9. The van der Waals surface area contributed by atoms with Gasteiger partial charge in [0.15, 0.2) is 0 Å². The molecule has 1 aromatic carbocycles. The first-order valence-electron chi connectivity index (χ1n) is 7.26. The number of benzene rings is 1. The van der Waals surface area contributed by atoms with Crippen LogP contribution in [0.15, 0.2) is 42.7 Å². The van der Waals surface area contributed by atoms with Crippen molar-refractivity contribution in [1.82, 2.24) is 15.1 Å². The third-order valence-corrected chi connectivity index (χ3v) is 4.11. The fourth-order valence-electron chi connectivity index (χ4n) is 2.14. The number of nitrogens with one attached hydrogen (secondary N) is 1. The van der Waals surface area contributed by atoms with E-state index in [-0.39, 0.29) is 11.9 Å². The van der Waals surface area contributed by atoms with Gasteiger partial charge in [0.2, 0.25) is 5.91 Å². The number of hydrogen-bond acceptors (Lipinski definition) is 4. The summed E-state index contributed by atoms with van der Waals surface area (Å²) in [7, 11) is 0. The Kier molecular flexibility index (Phi) is 6.03. The molecule has 2 atom stereocenters. The molecule has 0 radical (unpaired) electrons. The zero-order valence-corrected chi connectivity index (χ0v) is 13.7. The van der Waals surface area contributed by atoms with Crippen LogP contribution in [-0.4, -0.2) is 33.7 Å². The molecular formula is C16H22N4OS. The van der Waals surface area contributed by atoms with Crippen LogP contribution < -0.4 is 11.1 Å². The first-order valence-corrected chi connectivity index (χ1v) is 8.66. The van der Waals surface area contributed by atoms with E-state index in [2.05, 4.69) is 10.4 Å². The highest BCUT2D eigenvalue weighted by molar-refractivity contribution is 7.98. The number of thioether (sulfide) groups is 1. The Labute approximate surface area is 135 Å². The second kappa shape index (κ2) is 8.00. The van der Waals surface area contributed by atoms with Crippen LogP contribution in [0.5, 0.6) is 0 Å². The van der Waals surface area contributed by atoms with Crippen LogP contribution in [0.25, 0.3) is 5.69 Å². The van der Waals surface area contributed by atoms with Gasteiger partial charge in [0.25, 0.3) is 0 Å². The van der Waals surface area contributed by atoms with Crippen molar-refractivity contribution in [3.8, 4) is 5.69 Å². The lowest BCUT2D eigenvalue weighted by Crippen LogP contribution is -2.41. The van der Waals surface area contributed by atoms with Gasteiger partial charge in [-0.15, -0.1) is 0 Å². The van der Waals surface area contributed by atoms with Crippen molar-refractivity contribution < 1.29 is 4.79 Å². The molecule has 1 amide bonds. The Hall–Kier alpha value is -1.79. The molecule has 0 aliphatic carbocycles. The number of rotatable bonds is 7. The van der Waals surface area contributed by atoms with Gasteiger partial charge in [0.05, 0.1) is 17.8 Å². The summed E-state index contributed by atoms with van der Waals surface area (Å²) in [6, 6.07) is 9.28. The van der Waals surface area contributed by atoms with Gasteiger partial charge in [-0.1, -0.05) is 12.1 Å². The summed E-state index contributed by atoms with van der Waals surface area (Å²) in [4.78, 5) is 12.1. The highest BCUT2D eigenvalue weighted by Gasteiger charge is 2.16. The smallest absolute Gasteiger partial charge is 0.237 e. The lowest BCUT2D eigenvalue weighted by Gasteiger charge is -2.18. The van der Waals surface area contributed by atoms with Gasteiger partial charge in [-0.05, 0) is 49.1 Å². The van der Waals surface area contributed by atoms with Crippen molar-refractivity contribution in [2.45, 2.75) is 25.4 Å². The fraction of sp³-hybridized carbons (Fsp3) is 0.375. The topological polar surface area (TPSA) is 72.9 Å². The molecule has 0 aliphatic rings. The lowest BCUT2D eigenvalue weighted by atomic mass is 10.1. The quantitative estimate of drug-likeness (QED) is 0.820. The molecule has 118 valence electrons. The largest absolute Gasteiger partial charge is 0.348 e. The van der Waals surface area contributed by atoms with Gasteiger partial charge in [-0.3, -0.25) is 4.79 Å². The van der Waals surface area contributed by atoms with E-state index in [0.29, 0.717) is 6.42 Å². The summed E-state index contributed by atoms with van der Waals surface area (Å²) in [5, 5.41) is 7.19. The second-order valence-corrected chi connectivity index (χ2v) is 6.15. The number of nitrogens with zero attached hydrogens (tertiary/aromatic N) is 2. The molecule has 2 rings (SSSR count). The van der Waals surface area contributed by atoms with E-state index in [0.717, 1.165) is 17.0 Å². The van der Waals surface area contributed by atoms with Crippen molar-refractivity contribution in [2.24, 2.45) is 5.73 Å². The molecule has 22 heavy (non-hydrogen) atoms. The summed E-state index contributed by atoms with van der Waals surface area (Å²) < 4.78 is 1.79. The minimum atomic E-state index is -0.454. The van der Waals surface area contributed by atoms with Gasteiger partial charge < -0.3 is 11.1 Å². The molecule has 0 fully saturated rings. The minimum Gasteiger partial charge on any atom is -0.348 e. The van der Waals surface area contributed by atoms with Gasteiger partial charge in [-0.25, -0.2) is 4.68 Å². The summed E-state index contributed by atoms with van der Waals surface area (Å²) in [5.41, 5.74) is 7.89. The van der Waals surface area contributed by atoms with E-state index in [1.165, 1.54) is 0 Å². The van der Waals surface area contributed by atoms with Crippen LogP contribution in [0, 0.1) is 0 Å². The van der Waals surface area contributed by atoms with Crippen molar-refractivity contribution in [1.29, 1.82) is 0 Å². The van der Waals surface area contributed by atoms with E-state index >= 15 is 0 Å². The minimum absolute atomic E-state index is 0.0941. The van der Waals surface area contributed by atoms with Crippen LogP contribution in [0.2, 0.25) is 0 Å². The molecule has 0 aliphatic heterocycles. The van der Waals surface area contributed by atoms with Crippen LogP contribution >= 0.6 is 11.8 Å². The molecule has 0 saturated heterocycles. The van der Waals surface area contributed by atoms with E-state index in [4.69, 9.17) is 5.73 Å². The van der Waals surface area contributed by atoms with E-state index in [1.54, 1.807) is 22.6 Å². The van der Waals surface area contributed by atoms with E-state index in [9.17, 15) is 4.79 Å². The van der Waals surface area contributed by atoms with E-state index in [1.807, 2.05) is 49.7 Å². The van der Waals surface area contributed by atoms with Gasteiger partial charge in [-0.2, -0.15) is 16.9 Å². The number of hydrogen-bond donors (Lipinski definition) is 2. The maximum atomic E-state index is 12.1. The molecule has 5 nitrogen and oxygen atoms in total. The van der Waals surface area contributed by atoms with Crippen molar-refractivity contribution >= 4 is 17.7 Å². The Balaban J connectivity index is 2.02. The summed E-state index contributed by atoms with van der Waals surface area (Å²) in [6.45, 7) is 1.96. The predicted molar refractivity (Wildman–Crippen MR) is 91.1 cm³/mol. The summed E-state index contributed by atoms with van der Waals surface area (Å²) >= 11 is 1.69. The number of amides is 1. The van der Waals surface area contributed by atoms with Crippen LogP contribution in [0.4, 0.5) is 0 Å². The molecule has 0 saturated carbocycles. The lowest BCUT2D eigenvalue weighted by molar-refractivity contribution is -0.123. The number of nitrogens with two attached hydrogens (primary N) is 1. The molecule has 2 aromatic rings. The van der Waals surface area contributed by atoms with Crippen molar-refractivity contribution in [3.05, 3.63) is 48.3 Å². The first-order chi connectivity index (χ1) is 10.6. The zero-order chi connectivity index (χ0) is 15.9. The van der Waals surface area contributed by atoms with Crippen LogP contribution in [0.3, 0.4) is 0 Å². The SMILES string of the molecule is CSCC[C@H](N)C(=O)NC(C)c1cccc(-n2cccn2)c1. The maximum absolute atomic E-state index is 12.1. The molecule has 1 aromatic heterocycles. The monoisotopic (exact) mass is 318 g/mol. The van der Waals surface area contributed by atoms with Gasteiger partial charge >= 0.3 is 0 Å². The molecular weight excluding hydrogens is 296 g/mol. The number of carbonyl (C=O) groups excluding carboxylic acids is 1. The first kappa shape index (κ1) is 16.6. The number of aromatic nitrogens is 2. The second-order valence-electron chi connectivity index (χ2n) is 5.16. The Morgan fingerprint density at radius 2 is 2.27 bits per heavy atom. The highest BCUT2D eigenvalue weighted by Crippen LogP contribution is 2.16. The predicted octanol–water partition coefficient (Wildman–Crippen LogP) is 2.13. The number of carbonyl (C=O) groups is 1. The molecule has 0 bridgehead atoms. The third-order valence-electron chi connectivity index (χ3n) is 3.47. The molecule has 1 heterocycles. The summed E-state index contributed by atoms with van der Waals surface area (Å²) in [6.07, 6.45) is 6.32. The average Bonchev–Trinajstić information content (AvgIpc) is 3.07. The van der Waals surface area contributed by atoms with Crippen LogP contribution in [-0.2, 0) is 4.79 Å². The Bertz CT molecular complexity index is 600. The van der Waals surface area contributed by atoms with Crippen molar-refractivity contribution in [2.75, 3.05) is 12.0 Å². The normalized spacial score (nSPS) is 13.6. The average molecular weight is 318 g/mol. The Morgan fingerprint density at radius 3 is 2.95 bits per heavy atom. The molecule has 3 N–H and O–H groups in total. The van der Waals surface area contributed by atoms with Gasteiger partial charge in [0, 0.05) is 12.4 Å². The standard InChI is InChI=1S/C16H22N4OS/c1-12(19-16(21)15(17)7-10-22-2)13-5-3-6-14(11-13)20-9-4-8-18-20/h3-6,8-9,11-12,15H,7,10,17H2,1-2H3,(H,19,21)/t12?,15-/m0/s1. The van der Waals surface area contributed by atoms with Crippen LogP contribution in [0.1, 0.15) is 24.9 Å². The van der Waals surface area contributed by atoms with Gasteiger partial charge in [0.1, 0.15) is 0 Å². The molecule has 6 heteroatoms. The summed E-state index contributed by atoms with van der Waals surface area (Å²) in [5.74, 6) is 0.781. The Morgan fingerprint density at radius 1 is 1.45 bits per heavy atom. The molecule has 0 spiro atoms. The fourth-order valence-corrected chi connectivity index (χ4v) is 2.63. The van der Waals surface area contributed by atoms with Crippen molar-refractivity contribution in [3.63, 3.8) is 0 Å².